The summed E-state index contributed by atoms with van der Waals surface area (Å²) in [5.41, 5.74) is 8.73. The van der Waals surface area contributed by atoms with Crippen molar-refractivity contribution < 1.29 is 9.59 Å². The quantitative estimate of drug-likeness (QED) is 0.788. The zero-order valence-corrected chi connectivity index (χ0v) is 18.5. The third kappa shape index (κ3) is 4.82. The van der Waals surface area contributed by atoms with E-state index in [1.165, 1.54) is 0 Å². The molecule has 8 heteroatoms. The standard InChI is InChI=1S/C23H28ClN5O2/c1-15(30)28-11-8-17(9-12-28)22(31)29-10-2-3-18(14-29)21-20(13-26-23(25)27-21)16-4-6-19(24)7-5-16/h4-7,13,17-18H,2-3,8-12,14H2,1H3,(H2,25,26,27)/t18-/m0/s1. The van der Waals surface area contributed by atoms with Crippen LogP contribution in [0, 0.1) is 5.92 Å². The number of rotatable bonds is 3. The summed E-state index contributed by atoms with van der Waals surface area (Å²) in [5.74, 6) is 0.613. The lowest BCUT2D eigenvalue weighted by Crippen LogP contribution is -2.46. The predicted molar refractivity (Wildman–Crippen MR) is 120 cm³/mol. The minimum Gasteiger partial charge on any atom is -0.368 e. The van der Waals surface area contributed by atoms with Gasteiger partial charge in [-0.05, 0) is 43.4 Å². The van der Waals surface area contributed by atoms with Gasteiger partial charge < -0.3 is 15.5 Å². The fourth-order valence-electron chi connectivity index (χ4n) is 4.67. The van der Waals surface area contributed by atoms with E-state index in [4.69, 9.17) is 17.3 Å². The Labute approximate surface area is 187 Å². The average molecular weight is 442 g/mol. The summed E-state index contributed by atoms with van der Waals surface area (Å²) in [6.07, 6.45) is 5.10. The van der Waals surface area contributed by atoms with Crippen LogP contribution >= 0.6 is 11.6 Å². The number of nitrogens with zero attached hydrogens (tertiary/aromatic N) is 4. The normalized spacial score (nSPS) is 20.0. The number of hydrogen-bond donors (Lipinski definition) is 1. The minimum absolute atomic E-state index is 0.0134. The van der Waals surface area contributed by atoms with E-state index in [-0.39, 0.29) is 29.6 Å². The summed E-state index contributed by atoms with van der Waals surface area (Å²) >= 11 is 6.05. The zero-order chi connectivity index (χ0) is 22.0. The highest BCUT2D eigenvalue weighted by Crippen LogP contribution is 2.34. The van der Waals surface area contributed by atoms with Crippen molar-refractivity contribution in [1.82, 2.24) is 19.8 Å². The number of aromatic nitrogens is 2. The fourth-order valence-corrected chi connectivity index (χ4v) is 4.80. The first kappa shape index (κ1) is 21.6. The van der Waals surface area contributed by atoms with Crippen molar-refractivity contribution in [3.8, 4) is 11.1 Å². The van der Waals surface area contributed by atoms with Gasteiger partial charge in [-0.15, -0.1) is 0 Å². The van der Waals surface area contributed by atoms with Crippen molar-refractivity contribution in [3.63, 3.8) is 0 Å². The molecule has 0 aliphatic carbocycles. The number of anilines is 1. The Balaban J connectivity index is 1.51. The summed E-state index contributed by atoms with van der Waals surface area (Å²) in [6, 6.07) is 7.60. The largest absolute Gasteiger partial charge is 0.368 e. The average Bonchev–Trinajstić information content (AvgIpc) is 2.79. The smallest absolute Gasteiger partial charge is 0.225 e. The van der Waals surface area contributed by atoms with Crippen molar-refractivity contribution in [2.75, 3.05) is 31.9 Å². The number of halogens is 1. The number of benzene rings is 1. The molecule has 2 aliphatic heterocycles. The van der Waals surface area contributed by atoms with Crippen LogP contribution < -0.4 is 5.73 Å². The SMILES string of the molecule is CC(=O)N1CCC(C(=O)N2CCC[C@H](c3nc(N)ncc3-c3ccc(Cl)cc3)C2)CC1. The Morgan fingerprint density at radius 3 is 2.45 bits per heavy atom. The van der Waals surface area contributed by atoms with E-state index in [0.717, 1.165) is 49.0 Å². The van der Waals surface area contributed by atoms with Gasteiger partial charge in [0, 0.05) is 61.7 Å². The highest BCUT2D eigenvalue weighted by Gasteiger charge is 2.33. The molecule has 2 fully saturated rings. The first-order valence-corrected chi connectivity index (χ1v) is 11.2. The number of piperidine rings is 2. The molecule has 0 radical (unpaired) electrons. The topological polar surface area (TPSA) is 92.4 Å². The van der Waals surface area contributed by atoms with E-state index in [1.807, 2.05) is 34.1 Å². The van der Waals surface area contributed by atoms with Gasteiger partial charge in [-0.1, -0.05) is 23.7 Å². The van der Waals surface area contributed by atoms with Crippen molar-refractivity contribution >= 4 is 29.4 Å². The predicted octanol–water partition coefficient (Wildman–Crippen LogP) is 3.34. The summed E-state index contributed by atoms with van der Waals surface area (Å²) in [6.45, 7) is 4.29. The molecule has 1 atom stereocenters. The molecular weight excluding hydrogens is 414 g/mol. The van der Waals surface area contributed by atoms with E-state index in [2.05, 4.69) is 9.97 Å². The molecule has 4 rings (SSSR count). The maximum Gasteiger partial charge on any atom is 0.225 e. The third-order valence-corrected chi connectivity index (χ3v) is 6.65. The van der Waals surface area contributed by atoms with Crippen molar-refractivity contribution in [2.45, 2.75) is 38.5 Å². The lowest BCUT2D eigenvalue weighted by atomic mass is 9.88. The minimum atomic E-state index is -0.0134. The first-order valence-electron chi connectivity index (χ1n) is 10.8. The number of nitrogens with two attached hydrogens (primary N) is 1. The zero-order valence-electron chi connectivity index (χ0n) is 17.8. The van der Waals surface area contributed by atoms with E-state index in [0.29, 0.717) is 24.7 Å². The Kier molecular flexibility index (Phi) is 6.41. The first-order chi connectivity index (χ1) is 14.9. The van der Waals surface area contributed by atoms with Gasteiger partial charge in [0.1, 0.15) is 0 Å². The van der Waals surface area contributed by atoms with Gasteiger partial charge in [0.05, 0.1) is 5.69 Å². The van der Waals surface area contributed by atoms with E-state index in [9.17, 15) is 9.59 Å². The van der Waals surface area contributed by atoms with Crippen molar-refractivity contribution in [3.05, 3.63) is 41.2 Å². The molecular formula is C23H28ClN5O2. The lowest BCUT2D eigenvalue weighted by molar-refractivity contribution is -0.141. The summed E-state index contributed by atoms with van der Waals surface area (Å²) in [4.78, 5) is 37.4. The molecule has 3 heterocycles. The third-order valence-electron chi connectivity index (χ3n) is 6.40. The van der Waals surface area contributed by atoms with Crippen LogP contribution in [0.15, 0.2) is 30.5 Å². The molecule has 2 N–H and O–H groups in total. The van der Waals surface area contributed by atoms with Gasteiger partial charge in [-0.25, -0.2) is 9.97 Å². The molecule has 1 aromatic heterocycles. The van der Waals surface area contributed by atoms with Gasteiger partial charge in [0.25, 0.3) is 0 Å². The van der Waals surface area contributed by atoms with Gasteiger partial charge in [0.15, 0.2) is 0 Å². The molecule has 2 aliphatic rings. The van der Waals surface area contributed by atoms with Crippen molar-refractivity contribution in [1.29, 1.82) is 0 Å². The molecule has 0 saturated carbocycles. The Hall–Kier alpha value is -2.67. The Morgan fingerprint density at radius 2 is 1.77 bits per heavy atom. The number of amides is 2. The van der Waals surface area contributed by atoms with Gasteiger partial charge >= 0.3 is 0 Å². The maximum atomic E-state index is 13.2. The molecule has 2 saturated heterocycles. The van der Waals surface area contributed by atoms with Crippen LogP contribution in [0.1, 0.15) is 44.2 Å². The molecule has 2 amide bonds. The van der Waals surface area contributed by atoms with Crippen LogP contribution in [-0.4, -0.2) is 57.8 Å². The second kappa shape index (κ2) is 9.22. The molecule has 0 unspecified atom stereocenters. The highest BCUT2D eigenvalue weighted by molar-refractivity contribution is 6.30. The monoisotopic (exact) mass is 441 g/mol. The summed E-state index contributed by atoms with van der Waals surface area (Å²) in [7, 11) is 0. The van der Waals surface area contributed by atoms with E-state index < -0.39 is 0 Å². The summed E-state index contributed by atoms with van der Waals surface area (Å²) < 4.78 is 0. The molecule has 2 aromatic rings. The molecule has 7 nitrogen and oxygen atoms in total. The van der Waals surface area contributed by atoms with Crippen molar-refractivity contribution in [2.24, 2.45) is 5.92 Å². The van der Waals surface area contributed by atoms with Crippen LogP contribution in [0.5, 0.6) is 0 Å². The van der Waals surface area contributed by atoms with E-state index >= 15 is 0 Å². The van der Waals surface area contributed by atoms with Crippen LogP contribution in [0.2, 0.25) is 5.02 Å². The second-order valence-corrected chi connectivity index (χ2v) is 8.87. The van der Waals surface area contributed by atoms with Crippen LogP contribution in [0.25, 0.3) is 11.1 Å². The van der Waals surface area contributed by atoms with E-state index in [1.54, 1.807) is 13.1 Å². The van der Waals surface area contributed by atoms with Gasteiger partial charge in [0.2, 0.25) is 17.8 Å². The maximum absolute atomic E-state index is 13.2. The van der Waals surface area contributed by atoms with Crippen LogP contribution in [0.3, 0.4) is 0 Å². The number of likely N-dealkylation sites (tertiary alicyclic amines) is 2. The second-order valence-electron chi connectivity index (χ2n) is 8.44. The molecule has 0 bridgehead atoms. The molecule has 164 valence electrons. The van der Waals surface area contributed by atoms with Gasteiger partial charge in [-0.2, -0.15) is 0 Å². The number of carbonyl (C=O) groups is 2. The van der Waals surface area contributed by atoms with Crippen LogP contribution in [0.4, 0.5) is 5.95 Å². The molecule has 0 spiro atoms. The molecule has 31 heavy (non-hydrogen) atoms. The number of hydrogen-bond acceptors (Lipinski definition) is 5. The lowest BCUT2D eigenvalue weighted by Gasteiger charge is -2.37. The van der Waals surface area contributed by atoms with Gasteiger partial charge in [-0.3, -0.25) is 9.59 Å². The Morgan fingerprint density at radius 1 is 1.06 bits per heavy atom. The Bertz CT molecular complexity index is 957. The summed E-state index contributed by atoms with van der Waals surface area (Å²) in [5, 5.41) is 0.673. The highest BCUT2D eigenvalue weighted by atomic mass is 35.5. The van der Waals surface area contributed by atoms with Crippen LogP contribution in [-0.2, 0) is 9.59 Å². The number of carbonyl (C=O) groups excluding carboxylic acids is 2. The fraction of sp³-hybridized carbons (Fsp3) is 0.478. The molecule has 1 aromatic carbocycles. The number of nitrogen functional groups attached to an aromatic ring is 1.